The van der Waals surface area contributed by atoms with Gasteiger partial charge < -0.3 is 9.47 Å². The molecule has 0 aliphatic heterocycles. The van der Waals surface area contributed by atoms with E-state index in [9.17, 15) is 9.59 Å². The summed E-state index contributed by atoms with van der Waals surface area (Å²) in [4.78, 5) is 24.5. The topological polar surface area (TPSA) is 52.6 Å². The van der Waals surface area contributed by atoms with Crippen LogP contribution in [0.5, 0.6) is 0 Å². The van der Waals surface area contributed by atoms with Crippen LogP contribution >= 0.6 is 0 Å². The number of carbonyl (C=O) groups is 2. The van der Waals surface area contributed by atoms with E-state index in [4.69, 9.17) is 9.47 Å². The lowest BCUT2D eigenvalue weighted by Crippen LogP contribution is -2.18. The lowest BCUT2D eigenvalue weighted by molar-refractivity contribution is 0.0254. The first kappa shape index (κ1) is 24.2. The molecule has 0 bridgehead atoms. The second kappa shape index (κ2) is 15.1. The zero-order valence-corrected chi connectivity index (χ0v) is 18.0. The summed E-state index contributed by atoms with van der Waals surface area (Å²) in [5, 5.41) is 0. The molecule has 0 amide bonds. The van der Waals surface area contributed by atoms with Gasteiger partial charge in [0.25, 0.3) is 0 Å². The average Bonchev–Trinajstić information content (AvgIpc) is 2.71. The standard InChI is InChI=1S/C24H38O4/c1-4-7-9-10-11-12-19-27-23(25)20-15-17-21(18-16-20)24(26)28-22(13-6-3)14-8-5-2/h15-18,22H,4-14,19H2,1-3H3. The van der Waals surface area contributed by atoms with Crippen LogP contribution in [0.3, 0.4) is 0 Å². The Hall–Kier alpha value is -1.84. The summed E-state index contributed by atoms with van der Waals surface area (Å²) in [6.07, 6.45) is 11.8. The molecule has 4 nitrogen and oxygen atoms in total. The monoisotopic (exact) mass is 390 g/mol. The smallest absolute Gasteiger partial charge is 0.338 e. The maximum Gasteiger partial charge on any atom is 0.338 e. The third-order valence-corrected chi connectivity index (χ3v) is 4.85. The minimum Gasteiger partial charge on any atom is -0.462 e. The first-order chi connectivity index (χ1) is 13.6. The van der Waals surface area contributed by atoms with Crippen molar-refractivity contribution < 1.29 is 19.1 Å². The predicted octanol–water partition coefficient (Wildman–Crippen LogP) is 6.72. The lowest BCUT2D eigenvalue weighted by Gasteiger charge is -2.17. The molecule has 0 spiro atoms. The zero-order chi connectivity index (χ0) is 20.6. The van der Waals surface area contributed by atoms with Crippen LogP contribution < -0.4 is 0 Å². The van der Waals surface area contributed by atoms with E-state index in [2.05, 4.69) is 20.8 Å². The number of carbonyl (C=O) groups excluding carboxylic acids is 2. The van der Waals surface area contributed by atoms with E-state index in [0.717, 1.165) is 44.9 Å². The van der Waals surface area contributed by atoms with E-state index >= 15 is 0 Å². The van der Waals surface area contributed by atoms with Gasteiger partial charge in [-0.05, 0) is 43.5 Å². The van der Waals surface area contributed by atoms with Gasteiger partial charge in [0.05, 0.1) is 17.7 Å². The molecule has 158 valence electrons. The SMILES string of the molecule is CCCCCCCCOC(=O)c1ccc(C(=O)OC(CCC)CCCC)cc1. The Balaban J connectivity index is 2.42. The van der Waals surface area contributed by atoms with Crippen molar-refractivity contribution in [2.45, 2.75) is 97.5 Å². The number of benzene rings is 1. The summed E-state index contributed by atoms with van der Waals surface area (Å²) in [5.41, 5.74) is 0.948. The molecule has 1 unspecified atom stereocenters. The van der Waals surface area contributed by atoms with Crippen molar-refractivity contribution in [3.8, 4) is 0 Å². The van der Waals surface area contributed by atoms with Crippen LogP contribution in [0.4, 0.5) is 0 Å². The maximum absolute atomic E-state index is 12.4. The van der Waals surface area contributed by atoms with Crippen LogP contribution in [0.15, 0.2) is 24.3 Å². The fourth-order valence-corrected chi connectivity index (χ4v) is 3.11. The number of esters is 2. The molecule has 1 rings (SSSR count). The average molecular weight is 391 g/mol. The van der Waals surface area contributed by atoms with Crippen molar-refractivity contribution in [3.05, 3.63) is 35.4 Å². The van der Waals surface area contributed by atoms with Crippen LogP contribution in [0.2, 0.25) is 0 Å². The van der Waals surface area contributed by atoms with Gasteiger partial charge in [-0.1, -0.05) is 72.1 Å². The third-order valence-electron chi connectivity index (χ3n) is 4.85. The van der Waals surface area contributed by atoms with E-state index in [-0.39, 0.29) is 18.0 Å². The molecule has 1 atom stereocenters. The largest absolute Gasteiger partial charge is 0.462 e. The molecule has 0 N–H and O–H groups in total. The fourth-order valence-electron chi connectivity index (χ4n) is 3.11. The van der Waals surface area contributed by atoms with Crippen molar-refractivity contribution in [2.75, 3.05) is 6.61 Å². The molecule has 0 aromatic heterocycles. The summed E-state index contributed by atoms with van der Waals surface area (Å²) in [6, 6.07) is 6.57. The zero-order valence-electron chi connectivity index (χ0n) is 18.0. The van der Waals surface area contributed by atoms with E-state index in [1.54, 1.807) is 24.3 Å². The number of hydrogen-bond donors (Lipinski definition) is 0. The Morgan fingerprint density at radius 1 is 0.714 bits per heavy atom. The highest BCUT2D eigenvalue weighted by Gasteiger charge is 2.16. The molecular formula is C24H38O4. The normalized spacial score (nSPS) is 11.8. The molecule has 4 heteroatoms. The molecule has 0 saturated carbocycles. The van der Waals surface area contributed by atoms with Gasteiger partial charge in [-0.15, -0.1) is 0 Å². The van der Waals surface area contributed by atoms with Crippen molar-refractivity contribution in [2.24, 2.45) is 0 Å². The summed E-state index contributed by atoms with van der Waals surface area (Å²) in [5.74, 6) is -0.651. The summed E-state index contributed by atoms with van der Waals surface area (Å²) >= 11 is 0. The van der Waals surface area contributed by atoms with Gasteiger partial charge in [0.1, 0.15) is 6.10 Å². The second-order valence-electron chi connectivity index (χ2n) is 7.44. The maximum atomic E-state index is 12.4. The first-order valence-corrected chi connectivity index (χ1v) is 11.1. The highest BCUT2D eigenvalue weighted by atomic mass is 16.5. The Bertz CT molecular complexity index is 550. The molecule has 1 aromatic rings. The minimum atomic E-state index is -0.333. The summed E-state index contributed by atoms with van der Waals surface area (Å²) in [7, 11) is 0. The van der Waals surface area contributed by atoms with Crippen LogP contribution in [-0.2, 0) is 9.47 Å². The van der Waals surface area contributed by atoms with Crippen molar-refractivity contribution in [1.82, 2.24) is 0 Å². The van der Waals surface area contributed by atoms with Crippen LogP contribution in [0.25, 0.3) is 0 Å². The molecule has 1 aromatic carbocycles. The van der Waals surface area contributed by atoms with E-state index in [1.807, 2.05) is 0 Å². The van der Waals surface area contributed by atoms with Crippen LogP contribution in [-0.4, -0.2) is 24.6 Å². The van der Waals surface area contributed by atoms with Gasteiger partial charge in [0.15, 0.2) is 0 Å². The number of rotatable bonds is 15. The Morgan fingerprint density at radius 3 is 1.89 bits per heavy atom. The molecule has 0 radical (unpaired) electrons. The van der Waals surface area contributed by atoms with Crippen molar-refractivity contribution in [1.29, 1.82) is 0 Å². The molecular weight excluding hydrogens is 352 g/mol. The lowest BCUT2D eigenvalue weighted by atomic mass is 10.1. The number of ether oxygens (including phenoxy) is 2. The van der Waals surface area contributed by atoms with Crippen LogP contribution in [0.1, 0.15) is 112 Å². The van der Waals surface area contributed by atoms with Crippen molar-refractivity contribution in [3.63, 3.8) is 0 Å². The van der Waals surface area contributed by atoms with Gasteiger partial charge in [-0.3, -0.25) is 0 Å². The molecule has 0 aliphatic rings. The van der Waals surface area contributed by atoms with E-state index < -0.39 is 0 Å². The molecule has 28 heavy (non-hydrogen) atoms. The first-order valence-electron chi connectivity index (χ1n) is 11.1. The molecule has 0 fully saturated rings. The van der Waals surface area contributed by atoms with Crippen LogP contribution in [0, 0.1) is 0 Å². The Labute approximate surface area is 171 Å². The number of unbranched alkanes of at least 4 members (excludes halogenated alkanes) is 6. The number of hydrogen-bond acceptors (Lipinski definition) is 4. The molecule has 0 heterocycles. The molecule has 0 aliphatic carbocycles. The fraction of sp³-hybridized carbons (Fsp3) is 0.667. The van der Waals surface area contributed by atoms with Gasteiger partial charge in [-0.25, -0.2) is 9.59 Å². The summed E-state index contributed by atoms with van der Waals surface area (Å²) in [6.45, 7) is 6.88. The van der Waals surface area contributed by atoms with Crippen molar-refractivity contribution >= 4 is 11.9 Å². The third kappa shape index (κ3) is 9.91. The molecule has 0 saturated heterocycles. The second-order valence-corrected chi connectivity index (χ2v) is 7.44. The predicted molar refractivity (Wildman–Crippen MR) is 114 cm³/mol. The minimum absolute atomic E-state index is 0.0283. The summed E-state index contributed by atoms with van der Waals surface area (Å²) < 4.78 is 11.0. The Morgan fingerprint density at radius 2 is 1.29 bits per heavy atom. The van der Waals surface area contributed by atoms with E-state index in [0.29, 0.717) is 17.7 Å². The highest BCUT2D eigenvalue weighted by molar-refractivity contribution is 5.93. The highest BCUT2D eigenvalue weighted by Crippen LogP contribution is 2.15. The Kier molecular flexibility index (Phi) is 13.1. The van der Waals surface area contributed by atoms with E-state index in [1.165, 1.54) is 25.7 Å². The quantitative estimate of drug-likeness (QED) is 0.246. The van der Waals surface area contributed by atoms with Gasteiger partial charge in [0, 0.05) is 0 Å². The van der Waals surface area contributed by atoms with Gasteiger partial charge in [-0.2, -0.15) is 0 Å². The van der Waals surface area contributed by atoms with Gasteiger partial charge >= 0.3 is 11.9 Å². The van der Waals surface area contributed by atoms with Gasteiger partial charge in [0.2, 0.25) is 0 Å².